The minimum atomic E-state index is -0.368. The topological polar surface area (TPSA) is 78.4 Å². The molecule has 7 heteroatoms. The van der Waals surface area contributed by atoms with E-state index in [-0.39, 0.29) is 12.5 Å². The molecular formula is C23H30N2O5. The van der Waals surface area contributed by atoms with E-state index in [4.69, 9.17) is 18.9 Å². The van der Waals surface area contributed by atoms with Crippen LogP contribution in [0, 0.1) is 0 Å². The van der Waals surface area contributed by atoms with Gasteiger partial charge < -0.3 is 18.9 Å². The molecule has 0 bridgehead atoms. The Hall–Kier alpha value is -3.22. The first kappa shape index (κ1) is 23.1. The number of benzene rings is 2. The summed E-state index contributed by atoms with van der Waals surface area (Å²) in [5, 5.41) is 3.96. The maximum Gasteiger partial charge on any atom is 0.277 e. The monoisotopic (exact) mass is 414 g/mol. The molecule has 0 spiro atoms. The zero-order valence-corrected chi connectivity index (χ0v) is 17.8. The van der Waals surface area contributed by atoms with Crippen molar-refractivity contribution in [2.24, 2.45) is 5.10 Å². The van der Waals surface area contributed by atoms with Crippen molar-refractivity contribution in [2.75, 3.05) is 27.4 Å². The van der Waals surface area contributed by atoms with Crippen LogP contribution in [0.5, 0.6) is 23.0 Å². The van der Waals surface area contributed by atoms with Gasteiger partial charge in [0.05, 0.1) is 27.0 Å². The summed E-state index contributed by atoms with van der Waals surface area (Å²) in [7, 11) is 3.17. The SMILES string of the molecule is CCCCCCOc1ccc(/C=N/NC(=O)COc2cccc(OC)c2)cc1OC. The van der Waals surface area contributed by atoms with Gasteiger partial charge in [0.25, 0.3) is 5.91 Å². The van der Waals surface area contributed by atoms with Crippen molar-refractivity contribution in [2.45, 2.75) is 32.6 Å². The third kappa shape index (κ3) is 8.03. The molecule has 7 nitrogen and oxygen atoms in total. The van der Waals surface area contributed by atoms with Gasteiger partial charge in [-0.25, -0.2) is 5.43 Å². The first-order valence-electron chi connectivity index (χ1n) is 10.1. The Bertz CT molecular complexity index is 823. The van der Waals surface area contributed by atoms with Gasteiger partial charge in [-0.3, -0.25) is 4.79 Å². The molecule has 1 amide bonds. The van der Waals surface area contributed by atoms with Gasteiger partial charge in [0.1, 0.15) is 11.5 Å². The first-order valence-corrected chi connectivity index (χ1v) is 10.1. The Morgan fingerprint density at radius 2 is 1.80 bits per heavy atom. The summed E-state index contributed by atoms with van der Waals surface area (Å²) in [5.41, 5.74) is 3.22. The molecule has 162 valence electrons. The largest absolute Gasteiger partial charge is 0.497 e. The second kappa shape index (κ2) is 13.1. The van der Waals surface area contributed by atoms with Crippen LogP contribution in [0.1, 0.15) is 38.2 Å². The van der Waals surface area contributed by atoms with E-state index in [0.717, 1.165) is 18.4 Å². The van der Waals surface area contributed by atoms with Crippen molar-refractivity contribution >= 4 is 12.1 Å². The number of carbonyl (C=O) groups excluding carboxylic acids is 1. The number of ether oxygens (including phenoxy) is 4. The Morgan fingerprint density at radius 1 is 0.967 bits per heavy atom. The summed E-state index contributed by atoms with van der Waals surface area (Å²) in [5.74, 6) is 2.16. The van der Waals surface area contributed by atoms with Gasteiger partial charge in [0, 0.05) is 6.07 Å². The van der Waals surface area contributed by atoms with Crippen LogP contribution < -0.4 is 24.4 Å². The molecule has 0 radical (unpaired) electrons. The fourth-order valence-corrected chi connectivity index (χ4v) is 2.65. The van der Waals surface area contributed by atoms with Gasteiger partial charge in [0.2, 0.25) is 0 Å². The van der Waals surface area contributed by atoms with Gasteiger partial charge in [0.15, 0.2) is 18.1 Å². The van der Waals surface area contributed by atoms with Crippen LogP contribution in [0.25, 0.3) is 0 Å². The van der Waals surface area contributed by atoms with Crippen molar-refractivity contribution in [3.63, 3.8) is 0 Å². The molecule has 2 aromatic rings. The number of amides is 1. The lowest BCUT2D eigenvalue weighted by Crippen LogP contribution is -2.24. The molecule has 0 atom stereocenters. The average Bonchev–Trinajstić information content (AvgIpc) is 2.78. The van der Waals surface area contributed by atoms with E-state index in [1.54, 1.807) is 38.5 Å². The number of nitrogens with zero attached hydrogens (tertiary/aromatic N) is 1. The van der Waals surface area contributed by atoms with Crippen molar-refractivity contribution < 1.29 is 23.7 Å². The first-order chi connectivity index (χ1) is 14.7. The second-order valence-corrected chi connectivity index (χ2v) is 6.58. The highest BCUT2D eigenvalue weighted by molar-refractivity contribution is 5.83. The molecule has 0 aromatic heterocycles. The van der Waals surface area contributed by atoms with Gasteiger partial charge >= 0.3 is 0 Å². The summed E-state index contributed by atoms with van der Waals surface area (Å²) in [6.07, 6.45) is 6.12. The van der Waals surface area contributed by atoms with E-state index >= 15 is 0 Å². The number of hydrogen-bond acceptors (Lipinski definition) is 6. The fourth-order valence-electron chi connectivity index (χ4n) is 2.65. The van der Waals surface area contributed by atoms with Gasteiger partial charge in [-0.2, -0.15) is 5.10 Å². The summed E-state index contributed by atoms with van der Waals surface area (Å²) >= 11 is 0. The third-order valence-electron chi connectivity index (χ3n) is 4.26. The maximum atomic E-state index is 11.9. The highest BCUT2D eigenvalue weighted by Crippen LogP contribution is 2.27. The van der Waals surface area contributed by atoms with E-state index in [2.05, 4.69) is 17.5 Å². The van der Waals surface area contributed by atoms with Crippen molar-refractivity contribution in [1.82, 2.24) is 5.43 Å². The molecule has 2 rings (SSSR count). The fraction of sp³-hybridized carbons (Fsp3) is 0.391. The smallest absolute Gasteiger partial charge is 0.277 e. The molecule has 30 heavy (non-hydrogen) atoms. The summed E-state index contributed by atoms with van der Waals surface area (Å²) in [6, 6.07) is 12.5. The molecule has 1 N–H and O–H groups in total. The molecule has 0 heterocycles. The molecule has 0 unspecified atom stereocenters. The third-order valence-corrected chi connectivity index (χ3v) is 4.26. The average molecular weight is 415 g/mol. The lowest BCUT2D eigenvalue weighted by molar-refractivity contribution is -0.123. The van der Waals surface area contributed by atoms with Crippen molar-refractivity contribution in [3.05, 3.63) is 48.0 Å². The molecule has 0 saturated carbocycles. The Morgan fingerprint density at radius 3 is 2.57 bits per heavy atom. The summed E-state index contributed by atoms with van der Waals surface area (Å²) in [4.78, 5) is 11.9. The van der Waals surface area contributed by atoms with E-state index < -0.39 is 0 Å². The number of unbranched alkanes of at least 4 members (excludes halogenated alkanes) is 3. The highest BCUT2D eigenvalue weighted by atomic mass is 16.5. The zero-order chi connectivity index (χ0) is 21.6. The predicted molar refractivity (Wildman–Crippen MR) is 117 cm³/mol. The number of methoxy groups -OCH3 is 2. The highest BCUT2D eigenvalue weighted by Gasteiger charge is 2.06. The van der Waals surface area contributed by atoms with Gasteiger partial charge in [-0.05, 0) is 42.3 Å². The minimum absolute atomic E-state index is 0.154. The summed E-state index contributed by atoms with van der Waals surface area (Å²) < 4.78 is 21.7. The molecule has 0 aliphatic heterocycles. The number of carbonyl (C=O) groups is 1. The second-order valence-electron chi connectivity index (χ2n) is 6.58. The number of hydrogen-bond donors (Lipinski definition) is 1. The number of rotatable bonds is 13. The van der Waals surface area contributed by atoms with Crippen LogP contribution in [0.4, 0.5) is 0 Å². The molecule has 0 saturated heterocycles. The normalized spacial score (nSPS) is 10.6. The van der Waals surface area contributed by atoms with Crippen LogP contribution in [-0.4, -0.2) is 39.6 Å². The number of nitrogens with one attached hydrogen (secondary N) is 1. The molecule has 0 aliphatic carbocycles. The number of hydrazone groups is 1. The van der Waals surface area contributed by atoms with Gasteiger partial charge in [-0.1, -0.05) is 32.3 Å². The molecule has 0 fully saturated rings. The zero-order valence-electron chi connectivity index (χ0n) is 17.8. The quantitative estimate of drug-likeness (QED) is 0.302. The van der Waals surface area contributed by atoms with Crippen molar-refractivity contribution in [3.8, 4) is 23.0 Å². The Kier molecular flexibility index (Phi) is 10.1. The van der Waals surface area contributed by atoms with E-state index in [1.165, 1.54) is 19.1 Å². The molecular weight excluding hydrogens is 384 g/mol. The Labute approximate surface area is 178 Å². The van der Waals surface area contributed by atoms with Gasteiger partial charge in [-0.15, -0.1) is 0 Å². The van der Waals surface area contributed by atoms with Crippen molar-refractivity contribution in [1.29, 1.82) is 0 Å². The van der Waals surface area contributed by atoms with E-state index in [1.807, 2.05) is 18.2 Å². The summed E-state index contributed by atoms with van der Waals surface area (Å²) in [6.45, 7) is 2.69. The standard InChI is InChI=1S/C23H30N2O5/c1-4-5-6-7-13-29-21-12-11-18(14-22(21)28-3)16-24-25-23(26)17-30-20-10-8-9-19(15-20)27-2/h8-12,14-16H,4-7,13,17H2,1-3H3,(H,25,26)/b24-16+. The van der Waals surface area contributed by atoms with E-state index in [9.17, 15) is 4.79 Å². The van der Waals surface area contributed by atoms with Crippen LogP contribution in [0.2, 0.25) is 0 Å². The van der Waals surface area contributed by atoms with E-state index in [0.29, 0.717) is 29.6 Å². The van der Waals surface area contributed by atoms with Crippen LogP contribution in [0.15, 0.2) is 47.6 Å². The van der Waals surface area contributed by atoms with Crippen LogP contribution >= 0.6 is 0 Å². The maximum absolute atomic E-state index is 11.9. The molecule has 2 aromatic carbocycles. The van der Waals surface area contributed by atoms with Crippen LogP contribution in [0.3, 0.4) is 0 Å². The van der Waals surface area contributed by atoms with Crippen LogP contribution in [-0.2, 0) is 4.79 Å². The Balaban J connectivity index is 1.80. The molecule has 0 aliphatic rings. The minimum Gasteiger partial charge on any atom is -0.497 e. The predicted octanol–water partition coefficient (Wildman–Crippen LogP) is 4.19. The lowest BCUT2D eigenvalue weighted by Gasteiger charge is -2.11. The lowest BCUT2D eigenvalue weighted by atomic mass is 10.2.